The lowest BCUT2D eigenvalue weighted by Crippen LogP contribution is -2.28. The maximum Gasteiger partial charge on any atom is 0.171 e. The number of nitrogens with zero attached hydrogens (tertiary/aromatic N) is 1. The van der Waals surface area contributed by atoms with E-state index in [0.29, 0.717) is 11.7 Å². The topological polar surface area (TPSA) is 37.0 Å². The highest BCUT2D eigenvalue weighted by Gasteiger charge is 1.93. The molecule has 0 fully saturated rings. The zero-order valence-corrected chi connectivity index (χ0v) is 7.97. The van der Waals surface area contributed by atoms with Gasteiger partial charge in [0.15, 0.2) is 5.11 Å². The molecule has 0 saturated heterocycles. The molecule has 0 saturated carbocycles. The average molecular weight is 193 g/mol. The van der Waals surface area contributed by atoms with E-state index in [0.717, 1.165) is 5.69 Å². The van der Waals surface area contributed by atoms with Crippen molar-refractivity contribution in [2.75, 3.05) is 11.9 Å². The van der Waals surface area contributed by atoms with Crippen molar-refractivity contribution in [1.82, 2.24) is 10.3 Å². The number of nitrogens with one attached hydrogen (secondary N) is 2. The number of pyridine rings is 1. The molecular formula is C9H11N3S. The Kier molecular flexibility index (Phi) is 3.92. The molecule has 0 aliphatic carbocycles. The highest BCUT2D eigenvalue weighted by molar-refractivity contribution is 7.80. The fourth-order valence-corrected chi connectivity index (χ4v) is 0.978. The molecule has 4 heteroatoms. The third-order valence-electron chi connectivity index (χ3n) is 1.33. The van der Waals surface area contributed by atoms with Crippen LogP contribution in [0, 0.1) is 0 Å². The van der Waals surface area contributed by atoms with Crippen molar-refractivity contribution in [3.63, 3.8) is 0 Å². The molecule has 0 spiro atoms. The van der Waals surface area contributed by atoms with E-state index in [1.165, 1.54) is 0 Å². The van der Waals surface area contributed by atoms with Crippen LogP contribution in [-0.4, -0.2) is 16.6 Å². The van der Waals surface area contributed by atoms with Gasteiger partial charge in [-0.3, -0.25) is 4.98 Å². The summed E-state index contributed by atoms with van der Waals surface area (Å²) in [7, 11) is 0. The molecule has 0 atom stereocenters. The van der Waals surface area contributed by atoms with E-state index in [2.05, 4.69) is 22.2 Å². The van der Waals surface area contributed by atoms with E-state index in [1.807, 2.05) is 12.1 Å². The van der Waals surface area contributed by atoms with Gasteiger partial charge in [0, 0.05) is 12.7 Å². The fourth-order valence-electron chi connectivity index (χ4n) is 0.777. The predicted octanol–water partition coefficient (Wildman–Crippen LogP) is 1.55. The zero-order valence-electron chi connectivity index (χ0n) is 7.16. The van der Waals surface area contributed by atoms with Gasteiger partial charge in [0.25, 0.3) is 0 Å². The summed E-state index contributed by atoms with van der Waals surface area (Å²) in [6.45, 7) is 4.24. The molecule has 0 amide bonds. The Morgan fingerprint density at radius 3 is 3.15 bits per heavy atom. The summed E-state index contributed by atoms with van der Waals surface area (Å²) in [6.07, 6.45) is 5.17. The van der Waals surface area contributed by atoms with Crippen LogP contribution in [0.2, 0.25) is 0 Å². The molecular weight excluding hydrogens is 182 g/mol. The largest absolute Gasteiger partial charge is 0.359 e. The van der Waals surface area contributed by atoms with Crippen LogP contribution in [0.3, 0.4) is 0 Å². The highest BCUT2D eigenvalue weighted by atomic mass is 32.1. The van der Waals surface area contributed by atoms with Crippen LogP contribution in [0.25, 0.3) is 0 Å². The second-order valence-electron chi connectivity index (χ2n) is 2.37. The van der Waals surface area contributed by atoms with Crippen molar-refractivity contribution in [2.45, 2.75) is 0 Å². The molecule has 13 heavy (non-hydrogen) atoms. The second-order valence-corrected chi connectivity index (χ2v) is 2.77. The van der Waals surface area contributed by atoms with Crippen molar-refractivity contribution in [3.8, 4) is 0 Å². The van der Waals surface area contributed by atoms with E-state index in [9.17, 15) is 0 Å². The molecule has 68 valence electrons. The number of anilines is 1. The van der Waals surface area contributed by atoms with Crippen LogP contribution in [-0.2, 0) is 0 Å². The van der Waals surface area contributed by atoms with Gasteiger partial charge < -0.3 is 10.6 Å². The second kappa shape index (κ2) is 5.27. The molecule has 0 radical (unpaired) electrons. The molecule has 1 aromatic rings. The first kappa shape index (κ1) is 9.67. The number of thiocarbonyl (C=S) groups is 1. The lowest BCUT2D eigenvalue weighted by molar-refractivity contribution is 1.06. The molecule has 2 N–H and O–H groups in total. The SMILES string of the molecule is C=CCNC(=S)Nc1cccnc1. The van der Waals surface area contributed by atoms with Gasteiger partial charge in [-0.1, -0.05) is 6.08 Å². The fraction of sp³-hybridized carbons (Fsp3) is 0.111. The molecule has 0 aromatic carbocycles. The Balaban J connectivity index is 2.41. The minimum Gasteiger partial charge on any atom is -0.359 e. The van der Waals surface area contributed by atoms with Crippen molar-refractivity contribution in [2.24, 2.45) is 0 Å². The Hall–Kier alpha value is -1.42. The first-order valence-electron chi connectivity index (χ1n) is 3.88. The van der Waals surface area contributed by atoms with Gasteiger partial charge in [-0.2, -0.15) is 0 Å². The third-order valence-corrected chi connectivity index (χ3v) is 1.57. The number of rotatable bonds is 3. The summed E-state index contributed by atoms with van der Waals surface area (Å²) in [5.74, 6) is 0. The highest BCUT2D eigenvalue weighted by Crippen LogP contribution is 2.01. The monoisotopic (exact) mass is 193 g/mol. The number of hydrogen-bond donors (Lipinski definition) is 2. The zero-order chi connectivity index (χ0) is 9.52. The molecule has 1 aromatic heterocycles. The van der Waals surface area contributed by atoms with Gasteiger partial charge in [-0.25, -0.2) is 0 Å². The van der Waals surface area contributed by atoms with Crippen molar-refractivity contribution in [1.29, 1.82) is 0 Å². The summed E-state index contributed by atoms with van der Waals surface area (Å²) in [6, 6.07) is 3.74. The summed E-state index contributed by atoms with van der Waals surface area (Å²) in [4.78, 5) is 3.95. The van der Waals surface area contributed by atoms with E-state index in [1.54, 1.807) is 18.5 Å². The smallest absolute Gasteiger partial charge is 0.171 e. The summed E-state index contributed by atoms with van der Waals surface area (Å²) < 4.78 is 0. The summed E-state index contributed by atoms with van der Waals surface area (Å²) >= 11 is 5.00. The van der Waals surface area contributed by atoms with E-state index in [-0.39, 0.29) is 0 Å². The van der Waals surface area contributed by atoms with Crippen molar-refractivity contribution < 1.29 is 0 Å². The van der Waals surface area contributed by atoms with Crippen LogP contribution < -0.4 is 10.6 Å². The van der Waals surface area contributed by atoms with Crippen LogP contribution in [0.1, 0.15) is 0 Å². The van der Waals surface area contributed by atoms with E-state index in [4.69, 9.17) is 12.2 Å². The third kappa shape index (κ3) is 3.66. The quantitative estimate of drug-likeness (QED) is 0.564. The standard InChI is InChI=1S/C9H11N3S/c1-2-5-11-9(13)12-8-4-3-6-10-7-8/h2-4,6-7H,1,5H2,(H2,11,12,13). The minimum absolute atomic E-state index is 0.577. The first-order valence-corrected chi connectivity index (χ1v) is 4.29. The molecule has 0 bridgehead atoms. The maximum atomic E-state index is 5.00. The molecule has 1 heterocycles. The lowest BCUT2D eigenvalue weighted by atomic mass is 10.4. The van der Waals surface area contributed by atoms with Gasteiger partial charge >= 0.3 is 0 Å². The van der Waals surface area contributed by atoms with Gasteiger partial charge in [-0.05, 0) is 24.4 Å². The minimum atomic E-state index is 0.577. The van der Waals surface area contributed by atoms with Gasteiger partial charge in [-0.15, -0.1) is 6.58 Å². The summed E-state index contributed by atoms with van der Waals surface area (Å²) in [5.41, 5.74) is 0.879. The Morgan fingerprint density at radius 1 is 1.69 bits per heavy atom. The van der Waals surface area contributed by atoms with Gasteiger partial charge in [0.05, 0.1) is 11.9 Å². The molecule has 0 unspecified atom stereocenters. The normalized spacial score (nSPS) is 8.92. The van der Waals surface area contributed by atoms with Crippen LogP contribution in [0.4, 0.5) is 5.69 Å². The predicted molar refractivity (Wildman–Crippen MR) is 58.7 cm³/mol. The Morgan fingerprint density at radius 2 is 2.54 bits per heavy atom. The molecule has 1 rings (SSSR count). The lowest BCUT2D eigenvalue weighted by Gasteiger charge is -2.07. The number of hydrogen-bond acceptors (Lipinski definition) is 2. The van der Waals surface area contributed by atoms with Crippen molar-refractivity contribution >= 4 is 23.0 Å². The van der Waals surface area contributed by atoms with Crippen LogP contribution in [0.5, 0.6) is 0 Å². The van der Waals surface area contributed by atoms with Gasteiger partial charge in [0.1, 0.15) is 0 Å². The van der Waals surface area contributed by atoms with E-state index < -0.39 is 0 Å². The Bertz CT molecular complexity index is 284. The maximum absolute atomic E-state index is 5.00. The van der Waals surface area contributed by atoms with E-state index >= 15 is 0 Å². The Labute approximate surface area is 82.9 Å². The molecule has 3 nitrogen and oxygen atoms in total. The molecule has 0 aliphatic heterocycles. The van der Waals surface area contributed by atoms with Crippen LogP contribution >= 0.6 is 12.2 Å². The average Bonchev–Trinajstić information content (AvgIpc) is 2.16. The molecule has 0 aliphatic rings. The van der Waals surface area contributed by atoms with Crippen LogP contribution in [0.15, 0.2) is 37.2 Å². The number of aromatic nitrogens is 1. The summed E-state index contributed by atoms with van der Waals surface area (Å²) in [5, 5.41) is 6.52. The van der Waals surface area contributed by atoms with Gasteiger partial charge in [0.2, 0.25) is 0 Å². The van der Waals surface area contributed by atoms with Crippen molar-refractivity contribution in [3.05, 3.63) is 37.2 Å². The first-order chi connectivity index (χ1) is 6.33.